The van der Waals surface area contributed by atoms with Crippen LogP contribution in [-0.4, -0.2) is 36.3 Å². The van der Waals surface area contributed by atoms with Crippen LogP contribution in [0.1, 0.15) is 21.5 Å². The van der Waals surface area contributed by atoms with Crippen molar-refractivity contribution >= 4 is 29.4 Å². The Labute approximate surface area is 148 Å². The van der Waals surface area contributed by atoms with Gasteiger partial charge in [0.15, 0.2) is 11.6 Å². The number of benzene rings is 2. The van der Waals surface area contributed by atoms with Gasteiger partial charge in [0.05, 0.1) is 19.6 Å². The van der Waals surface area contributed by atoms with Crippen LogP contribution in [0.25, 0.3) is 11.6 Å². The highest BCUT2D eigenvalue weighted by atomic mass is 19.1. The van der Waals surface area contributed by atoms with Gasteiger partial charge in [-0.05, 0) is 35.4 Å². The van der Waals surface area contributed by atoms with Crippen molar-refractivity contribution in [3.05, 3.63) is 65.0 Å². The molecule has 0 atom stereocenters. The fourth-order valence-electron chi connectivity index (χ4n) is 2.75. The zero-order valence-corrected chi connectivity index (χ0v) is 13.7. The van der Waals surface area contributed by atoms with Gasteiger partial charge in [-0.2, -0.15) is 0 Å². The predicted octanol–water partition coefficient (Wildman–Crippen LogP) is 1.11. The number of carboxylic acids is 1. The number of halogens is 1. The van der Waals surface area contributed by atoms with Gasteiger partial charge in [-0.15, -0.1) is 0 Å². The monoisotopic (exact) mass is 354 g/mol. The zero-order chi connectivity index (χ0) is 18.8. The second kappa shape index (κ2) is 6.79. The van der Waals surface area contributed by atoms with Gasteiger partial charge >= 0.3 is 0 Å². The van der Waals surface area contributed by atoms with E-state index in [-0.39, 0.29) is 16.9 Å². The number of ether oxygens (including phenoxy) is 1. The highest BCUT2D eigenvalue weighted by Gasteiger charge is 2.34. The molecule has 0 aromatic heterocycles. The number of aliphatic carboxylic acids is 1. The Bertz CT molecular complexity index is 951. The number of hydrogen-bond acceptors (Lipinski definition) is 5. The summed E-state index contributed by atoms with van der Waals surface area (Å²) in [7, 11) is 1.33. The lowest BCUT2D eigenvalue weighted by atomic mass is 9.92. The second-order valence-electron chi connectivity index (χ2n) is 5.57. The van der Waals surface area contributed by atoms with Crippen molar-refractivity contribution in [2.45, 2.75) is 0 Å². The van der Waals surface area contributed by atoms with Crippen LogP contribution < -0.4 is 9.84 Å². The predicted molar refractivity (Wildman–Crippen MR) is 88.3 cm³/mol. The Hall–Kier alpha value is -3.48. The summed E-state index contributed by atoms with van der Waals surface area (Å²) in [6, 6.07) is 10.5. The Morgan fingerprint density at radius 2 is 1.85 bits per heavy atom. The van der Waals surface area contributed by atoms with Crippen molar-refractivity contribution in [3.8, 4) is 5.75 Å². The molecular weight excluding hydrogens is 341 g/mol. The summed E-state index contributed by atoms with van der Waals surface area (Å²) in [4.78, 5) is 36.6. The number of nitrogens with zero attached hydrogens (tertiary/aromatic N) is 1. The van der Waals surface area contributed by atoms with E-state index in [4.69, 9.17) is 4.74 Å². The van der Waals surface area contributed by atoms with Gasteiger partial charge in [0.25, 0.3) is 11.8 Å². The van der Waals surface area contributed by atoms with Gasteiger partial charge in [0.2, 0.25) is 0 Å². The molecule has 6 nitrogen and oxygen atoms in total. The molecule has 26 heavy (non-hydrogen) atoms. The minimum atomic E-state index is -1.55. The summed E-state index contributed by atoms with van der Waals surface area (Å²) in [6.07, 6.45) is 1.40. The van der Waals surface area contributed by atoms with Crippen LogP contribution in [0.4, 0.5) is 4.39 Å². The van der Waals surface area contributed by atoms with E-state index in [9.17, 15) is 23.9 Å². The summed E-state index contributed by atoms with van der Waals surface area (Å²) in [5, 5.41) is 10.9. The molecule has 0 fully saturated rings. The molecule has 132 valence electrons. The van der Waals surface area contributed by atoms with E-state index in [1.54, 1.807) is 24.3 Å². The number of carbonyl (C=O) groups is 3. The number of imide groups is 1. The topological polar surface area (TPSA) is 86.7 Å². The first-order valence-corrected chi connectivity index (χ1v) is 7.63. The fourth-order valence-corrected chi connectivity index (χ4v) is 2.75. The number of carboxylic acid groups (broad SMARTS) is 1. The van der Waals surface area contributed by atoms with Gasteiger partial charge in [-0.25, -0.2) is 4.39 Å². The van der Waals surface area contributed by atoms with Crippen LogP contribution in [0.3, 0.4) is 0 Å². The molecule has 0 saturated carbocycles. The van der Waals surface area contributed by atoms with Crippen molar-refractivity contribution in [1.82, 2.24) is 4.90 Å². The summed E-state index contributed by atoms with van der Waals surface area (Å²) < 4.78 is 18.8. The first-order valence-electron chi connectivity index (χ1n) is 7.63. The van der Waals surface area contributed by atoms with Crippen LogP contribution in [0, 0.1) is 5.82 Å². The lowest BCUT2D eigenvalue weighted by Crippen LogP contribution is -2.47. The van der Waals surface area contributed by atoms with Gasteiger partial charge < -0.3 is 14.6 Å². The average Bonchev–Trinajstić information content (AvgIpc) is 2.62. The maximum atomic E-state index is 13.9. The van der Waals surface area contributed by atoms with Crippen LogP contribution >= 0.6 is 0 Å². The van der Waals surface area contributed by atoms with Crippen LogP contribution in [0.5, 0.6) is 5.75 Å². The summed E-state index contributed by atoms with van der Waals surface area (Å²) in [6.45, 7) is -0.861. The van der Waals surface area contributed by atoms with Gasteiger partial charge in [0, 0.05) is 11.1 Å². The molecule has 0 aliphatic carbocycles. The van der Waals surface area contributed by atoms with Crippen LogP contribution in [0.2, 0.25) is 0 Å². The minimum absolute atomic E-state index is 0.0521. The standard InChI is InChI=1S/C19H14FNO5/c1-26-16-7-6-11(9-15(16)20)8-14-12-4-2-3-5-13(12)18(24)21(19(14)25)10-17(22)23/h2-9H,10H2,1H3,(H,22,23)/p-1/b14-8-. The molecule has 0 saturated heterocycles. The number of methoxy groups -OCH3 is 1. The first-order chi connectivity index (χ1) is 12.4. The van der Waals surface area contributed by atoms with Gasteiger partial charge in [-0.3, -0.25) is 14.5 Å². The van der Waals surface area contributed by atoms with E-state index in [1.165, 1.54) is 31.4 Å². The summed E-state index contributed by atoms with van der Waals surface area (Å²) in [5.41, 5.74) is 0.997. The average molecular weight is 354 g/mol. The molecule has 1 aliphatic heterocycles. The number of amides is 2. The smallest absolute Gasteiger partial charge is 0.261 e. The second-order valence-corrected chi connectivity index (χ2v) is 5.57. The molecule has 0 unspecified atom stereocenters. The number of fused-ring (bicyclic) bond motifs is 1. The van der Waals surface area contributed by atoms with Gasteiger partial charge in [0.1, 0.15) is 0 Å². The lowest BCUT2D eigenvalue weighted by Gasteiger charge is -2.28. The van der Waals surface area contributed by atoms with E-state index < -0.39 is 30.1 Å². The highest BCUT2D eigenvalue weighted by molar-refractivity contribution is 6.34. The summed E-state index contributed by atoms with van der Waals surface area (Å²) >= 11 is 0. The highest BCUT2D eigenvalue weighted by Crippen LogP contribution is 2.31. The van der Waals surface area contributed by atoms with E-state index in [0.29, 0.717) is 16.0 Å². The van der Waals surface area contributed by atoms with Crippen molar-refractivity contribution in [2.24, 2.45) is 0 Å². The molecule has 0 N–H and O–H groups in total. The molecular formula is C19H13FNO5-. The Balaban J connectivity index is 2.13. The Morgan fingerprint density at radius 3 is 2.46 bits per heavy atom. The molecule has 3 rings (SSSR count). The van der Waals surface area contributed by atoms with Crippen molar-refractivity contribution in [1.29, 1.82) is 0 Å². The Morgan fingerprint density at radius 1 is 1.15 bits per heavy atom. The normalized spacial score (nSPS) is 15.2. The molecule has 0 spiro atoms. The lowest BCUT2D eigenvalue weighted by molar-refractivity contribution is -0.305. The van der Waals surface area contributed by atoms with E-state index in [0.717, 1.165) is 0 Å². The first kappa shape index (κ1) is 17.3. The Kier molecular flexibility index (Phi) is 4.53. The third-order valence-electron chi connectivity index (χ3n) is 3.94. The maximum absolute atomic E-state index is 13.9. The zero-order valence-electron chi connectivity index (χ0n) is 13.7. The molecule has 1 heterocycles. The minimum Gasteiger partial charge on any atom is -0.548 e. The van der Waals surface area contributed by atoms with Crippen LogP contribution in [-0.2, 0) is 9.59 Å². The largest absolute Gasteiger partial charge is 0.548 e. The quantitative estimate of drug-likeness (QED) is 0.606. The number of hydrogen-bond donors (Lipinski definition) is 0. The fraction of sp³-hybridized carbons (Fsp3) is 0.105. The third kappa shape index (κ3) is 3.06. The molecule has 1 aliphatic rings. The SMILES string of the molecule is COc1ccc(/C=C2\C(=O)N(CC(=O)[O-])C(=O)c3ccccc32)cc1F. The molecule has 0 radical (unpaired) electrons. The number of carbonyl (C=O) groups excluding carboxylic acids is 3. The molecule has 0 bridgehead atoms. The summed E-state index contributed by atoms with van der Waals surface area (Å²) in [5.74, 6) is -3.61. The van der Waals surface area contributed by atoms with Crippen LogP contribution in [0.15, 0.2) is 42.5 Å². The third-order valence-corrected chi connectivity index (χ3v) is 3.94. The van der Waals surface area contributed by atoms with Gasteiger partial charge in [-0.1, -0.05) is 24.3 Å². The molecule has 2 aromatic carbocycles. The van der Waals surface area contributed by atoms with E-state index >= 15 is 0 Å². The van der Waals surface area contributed by atoms with Crippen molar-refractivity contribution in [3.63, 3.8) is 0 Å². The van der Waals surface area contributed by atoms with E-state index in [1.807, 2.05) is 0 Å². The molecule has 2 amide bonds. The molecule has 2 aromatic rings. The molecule has 7 heteroatoms. The van der Waals surface area contributed by atoms with Crippen molar-refractivity contribution in [2.75, 3.05) is 13.7 Å². The van der Waals surface area contributed by atoms with Crippen molar-refractivity contribution < 1.29 is 28.6 Å². The number of rotatable bonds is 4. The maximum Gasteiger partial charge on any atom is 0.261 e. The van der Waals surface area contributed by atoms with E-state index in [2.05, 4.69) is 0 Å².